The number of hydrogen-bond acceptors (Lipinski definition) is 5. The Kier molecular flexibility index (Phi) is 5.78. The van der Waals surface area contributed by atoms with Gasteiger partial charge in [0.2, 0.25) is 0 Å². The summed E-state index contributed by atoms with van der Waals surface area (Å²) in [4.78, 5) is 16.8. The van der Waals surface area contributed by atoms with E-state index in [4.69, 9.17) is 0 Å². The molecule has 23 heavy (non-hydrogen) atoms. The van der Waals surface area contributed by atoms with Crippen LogP contribution in [0.1, 0.15) is 29.7 Å². The van der Waals surface area contributed by atoms with E-state index in [1.165, 1.54) is 6.07 Å². The Morgan fingerprint density at radius 3 is 2.78 bits per heavy atom. The van der Waals surface area contributed by atoms with Crippen LogP contribution in [0.2, 0.25) is 0 Å². The zero-order chi connectivity index (χ0) is 16.8. The first-order valence-electron chi connectivity index (χ1n) is 7.51. The van der Waals surface area contributed by atoms with Crippen molar-refractivity contribution in [2.75, 3.05) is 13.2 Å². The minimum Gasteiger partial charge on any atom is -0.395 e. The van der Waals surface area contributed by atoms with Gasteiger partial charge in [0, 0.05) is 43.7 Å². The highest BCUT2D eigenvalue weighted by Gasteiger charge is 2.20. The predicted molar refractivity (Wildman–Crippen MR) is 88.0 cm³/mol. The van der Waals surface area contributed by atoms with Crippen LogP contribution in [0, 0.1) is 17.0 Å². The Bertz CT molecular complexity index is 661. The molecule has 1 heterocycles. The highest BCUT2D eigenvalue weighted by Crippen LogP contribution is 2.28. The number of benzene rings is 1. The van der Waals surface area contributed by atoms with Gasteiger partial charge in [-0.25, -0.2) is 0 Å². The highest BCUT2D eigenvalue weighted by molar-refractivity contribution is 5.40. The van der Waals surface area contributed by atoms with Crippen molar-refractivity contribution in [1.82, 2.24) is 9.88 Å². The largest absolute Gasteiger partial charge is 0.395 e. The monoisotopic (exact) mass is 315 g/mol. The molecule has 0 saturated heterocycles. The number of aliphatic hydroxyl groups is 1. The van der Waals surface area contributed by atoms with Crippen LogP contribution in [0.4, 0.5) is 5.69 Å². The molecule has 0 bridgehead atoms. The summed E-state index contributed by atoms with van der Waals surface area (Å²) in [5.41, 5.74) is 3.02. The summed E-state index contributed by atoms with van der Waals surface area (Å²) in [6, 6.07) is 8.70. The molecule has 1 aromatic carbocycles. The number of nitro groups is 1. The molecule has 0 radical (unpaired) electrons. The number of pyridine rings is 1. The second kappa shape index (κ2) is 7.80. The molecule has 1 atom stereocenters. The number of non-ortho nitro benzene ring substituents is 1. The van der Waals surface area contributed by atoms with Gasteiger partial charge in [0.25, 0.3) is 5.69 Å². The number of rotatable bonds is 7. The van der Waals surface area contributed by atoms with Gasteiger partial charge in [0.05, 0.1) is 11.5 Å². The zero-order valence-corrected chi connectivity index (χ0v) is 13.3. The fourth-order valence-corrected chi connectivity index (χ4v) is 2.65. The first-order chi connectivity index (χ1) is 11.0. The molecule has 122 valence electrons. The van der Waals surface area contributed by atoms with Gasteiger partial charge in [0.1, 0.15) is 0 Å². The first-order valence-corrected chi connectivity index (χ1v) is 7.51. The fraction of sp³-hybridized carbons (Fsp3) is 0.353. The van der Waals surface area contributed by atoms with Crippen molar-refractivity contribution >= 4 is 5.69 Å². The molecule has 0 aliphatic rings. The molecule has 0 fully saturated rings. The van der Waals surface area contributed by atoms with Crippen molar-refractivity contribution in [3.63, 3.8) is 0 Å². The molecular formula is C17H21N3O3. The van der Waals surface area contributed by atoms with Crippen molar-refractivity contribution < 1.29 is 10.0 Å². The summed E-state index contributed by atoms with van der Waals surface area (Å²) < 4.78 is 0. The van der Waals surface area contributed by atoms with Gasteiger partial charge in [-0.05, 0) is 36.6 Å². The summed E-state index contributed by atoms with van der Waals surface area (Å²) in [7, 11) is 0. The van der Waals surface area contributed by atoms with Crippen LogP contribution in [0.5, 0.6) is 0 Å². The van der Waals surface area contributed by atoms with Gasteiger partial charge in [-0.1, -0.05) is 12.1 Å². The molecule has 0 amide bonds. The average Bonchev–Trinajstić information content (AvgIpc) is 2.55. The van der Waals surface area contributed by atoms with Gasteiger partial charge in [0.15, 0.2) is 0 Å². The Morgan fingerprint density at radius 1 is 1.39 bits per heavy atom. The highest BCUT2D eigenvalue weighted by atomic mass is 16.6. The molecular weight excluding hydrogens is 294 g/mol. The van der Waals surface area contributed by atoms with Crippen LogP contribution >= 0.6 is 0 Å². The lowest BCUT2D eigenvalue weighted by molar-refractivity contribution is -0.385. The van der Waals surface area contributed by atoms with E-state index in [-0.39, 0.29) is 23.3 Å². The molecule has 0 spiro atoms. The van der Waals surface area contributed by atoms with E-state index in [0.717, 1.165) is 16.7 Å². The molecule has 6 heteroatoms. The molecule has 0 saturated carbocycles. The molecule has 1 aromatic heterocycles. The molecule has 1 unspecified atom stereocenters. The normalized spacial score (nSPS) is 12.3. The van der Waals surface area contributed by atoms with Crippen molar-refractivity contribution in [3.8, 4) is 0 Å². The first kappa shape index (κ1) is 17.1. The smallest absolute Gasteiger partial charge is 0.269 e. The van der Waals surface area contributed by atoms with Crippen molar-refractivity contribution in [1.29, 1.82) is 0 Å². The van der Waals surface area contributed by atoms with E-state index in [1.807, 2.05) is 26.0 Å². The van der Waals surface area contributed by atoms with Crippen molar-refractivity contribution in [3.05, 3.63) is 69.5 Å². The second-order valence-corrected chi connectivity index (χ2v) is 5.53. The minimum absolute atomic E-state index is 0.0264. The van der Waals surface area contributed by atoms with Gasteiger partial charge >= 0.3 is 0 Å². The summed E-state index contributed by atoms with van der Waals surface area (Å²) in [5.74, 6) is 0. The van der Waals surface area contributed by atoms with E-state index >= 15 is 0 Å². The van der Waals surface area contributed by atoms with E-state index in [0.29, 0.717) is 13.1 Å². The molecule has 1 N–H and O–H groups in total. The Labute approximate surface area is 135 Å². The van der Waals surface area contributed by atoms with Crippen LogP contribution in [-0.2, 0) is 6.54 Å². The summed E-state index contributed by atoms with van der Waals surface area (Å²) in [6.45, 7) is 5.07. The maximum Gasteiger partial charge on any atom is 0.269 e. The standard InChI is InChI=1S/C17H21N3O3/c1-13-5-6-16(20(22)23)10-17(13)14(2)19(8-9-21)12-15-4-3-7-18-11-15/h3-7,10-11,14,21H,8-9,12H2,1-2H3. The summed E-state index contributed by atoms with van der Waals surface area (Å²) >= 11 is 0. The third-order valence-corrected chi connectivity index (χ3v) is 3.97. The van der Waals surface area contributed by atoms with Crippen LogP contribution < -0.4 is 0 Å². The van der Waals surface area contributed by atoms with E-state index < -0.39 is 0 Å². The number of nitrogens with zero attached hydrogens (tertiary/aromatic N) is 3. The van der Waals surface area contributed by atoms with Crippen LogP contribution in [0.25, 0.3) is 0 Å². The Hall–Kier alpha value is -2.31. The number of aromatic nitrogens is 1. The maximum absolute atomic E-state index is 11.0. The fourth-order valence-electron chi connectivity index (χ4n) is 2.65. The number of aliphatic hydroxyl groups excluding tert-OH is 1. The van der Waals surface area contributed by atoms with Crippen molar-refractivity contribution in [2.45, 2.75) is 26.4 Å². The quantitative estimate of drug-likeness (QED) is 0.628. The summed E-state index contributed by atoms with van der Waals surface area (Å²) in [5, 5.41) is 20.4. The molecule has 0 aliphatic heterocycles. The number of hydrogen-bond donors (Lipinski definition) is 1. The third kappa shape index (κ3) is 4.34. The molecule has 2 rings (SSSR count). The summed E-state index contributed by atoms with van der Waals surface area (Å²) in [6.07, 6.45) is 3.51. The van der Waals surface area contributed by atoms with Crippen LogP contribution in [0.15, 0.2) is 42.7 Å². The number of aryl methyl sites for hydroxylation is 1. The maximum atomic E-state index is 11.0. The third-order valence-electron chi connectivity index (χ3n) is 3.97. The predicted octanol–water partition coefficient (Wildman–Crippen LogP) is 2.85. The second-order valence-electron chi connectivity index (χ2n) is 5.53. The Balaban J connectivity index is 2.28. The van der Waals surface area contributed by atoms with Crippen LogP contribution in [-0.4, -0.2) is 33.1 Å². The van der Waals surface area contributed by atoms with Crippen LogP contribution in [0.3, 0.4) is 0 Å². The van der Waals surface area contributed by atoms with E-state index in [1.54, 1.807) is 24.5 Å². The van der Waals surface area contributed by atoms with E-state index in [9.17, 15) is 15.2 Å². The lowest BCUT2D eigenvalue weighted by Crippen LogP contribution is -2.30. The van der Waals surface area contributed by atoms with Gasteiger partial charge in [-0.15, -0.1) is 0 Å². The molecule has 2 aromatic rings. The van der Waals surface area contributed by atoms with Crippen molar-refractivity contribution in [2.24, 2.45) is 0 Å². The van der Waals surface area contributed by atoms with Gasteiger partial charge in [-0.2, -0.15) is 0 Å². The topological polar surface area (TPSA) is 79.5 Å². The zero-order valence-electron chi connectivity index (χ0n) is 13.3. The number of nitro benzene ring substituents is 1. The minimum atomic E-state index is -0.382. The average molecular weight is 315 g/mol. The lowest BCUT2D eigenvalue weighted by Gasteiger charge is -2.29. The molecule has 0 aliphatic carbocycles. The van der Waals surface area contributed by atoms with Gasteiger partial charge in [-0.3, -0.25) is 20.0 Å². The molecule has 6 nitrogen and oxygen atoms in total. The Morgan fingerprint density at radius 2 is 2.17 bits per heavy atom. The lowest BCUT2D eigenvalue weighted by atomic mass is 10.00. The van der Waals surface area contributed by atoms with E-state index in [2.05, 4.69) is 9.88 Å². The van der Waals surface area contributed by atoms with Gasteiger partial charge < -0.3 is 5.11 Å². The SMILES string of the molecule is Cc1ccc([N+](=O)[O-])cc1C(C)N(CCO)Cc1cccnc1.